The van der Waals surface area contributed by atoms with Gasteiger partial charge in [-0.15, -0.1) is 0 Å². The predicted octanol–water partition coefficient (Wildman–Crippen LogP) is 2.23. The van der Waals surface area contributed by atoms with Crippen molar-refractivity contribution in [1.82, 2.24) is 10.2 Å². The number of ether oxygens (including phenoxy) is 1. The fraction of sp³-hybridized carbons (Fsp3) is 0.391. The number of hydrogen-bond donors (Lipinski definition) is 1. The van der Waals surface area contributed by atoms with E-state index in [2.05, 4.69) is 5.32 Å². The highest BCUT2D eigenvalue weighted by molar-refractivity contribution is 7.92. The molecule has 11 nitrogen and oxygen atoms in total. The van der Waals surface area contributed by atoms with Crippen LogP contribution in [0.4, 0.5) is 11.4 Å². The van der Waals surface area contributed by atoms with Crippen molar-refractivity contribution in [2.24, 2.45) is 0 Å². The van der Waals surface area contributed by atoms with Crippen molar-refractivity contribution in [2.75, 3.05) is 31.3 Å². The normalized spacial score (nSPS) is 11.9. The number of nitrogens with zero attached hydrogens (tertiary/aromatic N) is 3. The van der Waals surface area contributed by atoms with Crippen LogP contribution in [0.15, 0.2) is 42.5 Å². The molecule has 2 aromatic rings. The molecule has 1 atom stereocenters. The number of methoxy groups -OCH3 is 1. The quantitative estimate of drug-likeness (QED) is 0.364. The Morgan fingerprint density at radius 2 is 1.89 bits per heavy atom. The Hall–Kier alpha value is -3.67. The molecule has 0 bridgehead atoms. The maximum Gasteiger partial charge on any atom is 0.271 e. The number of carbonyl (C=O) groups excluding carboxylic acids is 2. The summed E-state index contributed by atoms with van der Waals surface area (Å²) in [4.78, 5) is 38.1. The van der Waals surface area contributed by atoms with Crippen LogP contribution < -0.4 is 14.4 Å². The summed E-state index contributed by atoms with van der Waals surface area (Å²) in [5.41, 5.74) is 0.824. The zero-order valence-electron chi connectivity index (χ0n) is 20.3. The van der Waals surface area contributed by atoms with Gasteiger partial charge in [-0.05, 0) is 36.6 Å². The lowest BCUT2D eigenvalue weighted by molar-refractivity contribution is -0.384. The predicted molar refractivity (Wildman–Crippen MR) is 132 cm³/mol. The largest absolute Gasteiger partial charge is 0.497 e. The van der Waals surface area contributed by atoms with E-state index < -0.39 is 39.3 Å². The third-order valence-corrected chi connectivity index (χ3v) is 6.60. The second kappa shape index (κ2) is 11.6. The molecule has 190 valence electrons. The summed E-state index contributed by atoms with van der Waals surface area (Å²) in [6, 6.07) is 9.89. The van der Waals surface area contributed by atoms with Crippen LogP contribution in [0.5, 0.6) is 5.75 Å². The average Bonchev–Trinajstić information content (AvgIpc) is 2.81. The molecule has 0 saturated heterocycles. The smallest absolute Gasteiger partial charge is 0.271 e. The molecule has 0 aliphatic carbocycles. The summed E-state index contributed by atoms with van der Waals surface area (Å²) in [7, 11) is -1.05. The number of nitro benzene ring substituents is 1. The highest BCUT2D eigenvalue weighted by Crippen LogP contribution is 2.28. The summed E-state index contributed by atoms with van der Waals surface area (Å²) in [5.74, 6) is -0.478. The minimum Gasteiger partial charge on any atom is -0.497 e. The SMILES string of the molecule is CC[C@H](C(=O)NC)N(Cc1cccc(OC)c1)C(=O)CN(c1cc([N+](=O)[O-])ccc1C)S(C)(=O)=O. The van der Waals surface area contributed by atoms with Crippen molar-refractivity contribution in [3.63, 3.8) is 0 Å². The van der Waals surface area contributed by atoms with Crippen molar-refractivity contribution >= 4 is 33.2 Å². The van der Waals surface area contributed by atoms with Crippen LogP contribution in [0.3, 0.4) is 0 Å². The van der Waals surface area contributed by atoms with Crippen LogP contribution in [0, 0.1) is 17.0 Å². The lowest BCUT2D eigenvalue weighted by Gasteiger charge is -2.33. The van der Waals surface area contributed by atoms with Gasteiger partial charge in [-0.1, -0.05) is 25.1 Å². The second-order valence-electron chi connectivity index (χ2n) is 7.91. The number of hydrogen-bond acceptors (Lipinski definition) is 7. The molecule has 2 amide bonds. The molecule has 12 heteroatoms. The van der Waals surface area contributed by atoms with Gasteiger partial charge in [-0.25, -0.2) is 8.42 Å². The van der Waals surface area contributed by atoms with Crippen molar-refractivity contribution in [3.8, 4) is 5.75 Å². The van der Waals surface area contributed by atoms with Crippen LogP contribution in [-0.4, -0.2) is 63.1 Å². The number of likely N-dealkylation sites (N-methyl/N-ethyl adjacent to an activating group) is 1. The molecule has 0 aliphatic heterocycles. The number of nitrogens with one attached hydrogen (secondary N) is 1. The van der Waals surface area contributed by atoms with E-state index in [9.17, 15) is 28.1 Å². The first-order chi connectivity index (χ1) is 16.4. The number of nitro groups is 1. The van der Waals surface area contributed by atoms with E-state index in [-0.39, 0.29) is 24.3 Å². The van der Waals surface area contributed by atoms with Crippen LogP contribution in [0.1, 0.15) is 24.5 Å². The highest BCUT2D eigenvalue weighted by Gasteiger charge is 2.32. The van der Waals surface area contributed by atoms with Crippen molar-refractivity contribution in [1.29, 1.82) is 0 Å². The second-order valence-corrected chi connectivity index (χ2v) is 9.82. The standard InChI is InChI=1S/C23H30N4O7S/c1-6-20(23(29)24-3)25(14-17-8-7-9-19(12-17)34-4)22(28)15-26(35(5,32)33)21-13-18(27(30)31)11-10-16(21)2/h7-13,20H,6,14-15H2,1-5H3,(H,24,29)/t20-/m1/s1. The van der Waals surface area contributed by atoms with E-state index in [1.54, 1.807) is 38.1 Å². The maximum atomic E-state index is 13.6. The molecule has 0 fully saturated rings. The van der Waals surface area contributed by atoms with Gasteiger partial charge >= 0.3 is 0 Å². The van der Waals surface area contributed by atoms with Gasteiger partial charge in [0, 0.05) is 25.7 Å². The van der Waals surface area contributed by atoms with Gasteiger partial charge in [0.2, 0.25) is 21.8 Å². The van der Waals surface area contributed by atoms with Gasteiger partial charge in [0.15, 0.2) is 0 Å². The Morgan fingerprint density at radius 3 is 2.43 bits per heavy atom. The molecular weight excluding hydrogens is 476 g/mol. The average molecular weight is 507 g/mol. The zero-order valence-corrected chi connectivity index (χ0v) is 21.2. The molecule has 2 aromatic carbocycles. The summed E-state index contributed by atoms with van der Waals surface area (Å²) >= 11 is 0. The highest BCUT2D eigenvalue weighted by atomic mass is 32.2. The van der Waals surface area contributed by atoms with E-state index in [1.807, 2.05) is 0 Å². The fourth-order valence-electron chi connectivity index (χ4n) is 3.63. The number of benzene rings is 2. The summed E-state index contributed by atoms with van der Waals surface area (Å²) < 4.78 is 31.4. The molecule has 0 radical (unpaired) electrons. The van der Waals surface area contributed by atoms with Crippen LogP contribution in [0.2, 0.25) is 0 Å². The molecule has 0 unspecified atom stereocenters. The Labute approximate surface area is 204 Å². The molecule has 2 rings (SSSR count). The summed E-state index contributed by atoms with van der Waals surface area (Å²) in [6.45, 7) is 2.71. The van der Waals surface area contributed by atoms with E-state index >= 15 is 0 Å². The Bertz CT molecular complexity index is 1200. The lowest BCUT2D eigenvalue weighted by atomic mass is 10.1. The minimum absolute atomic E-state index is 0.0179. The van der Waals surface area contributed by atoms with Gasteiger partial charge in [-0.2, -0.15) is 0 Å². The molecule has 0 aliphatic rings. The zero-order chi connectivity index (χ0) is 26.3. The van der Waals surface area contributed by atoms with Gasteiger partial charge in [0.1, 0.15) is 18.3 Å². The summed E-state index contributed by atoms with van der Waals surface area (Å²) in [5, 5.41) is 13.8. The number of carbonyl (C=O) groups is 2. The Balaban J connectivity index is 2.52. The van der Waals surface area contributed by atoms with Crippen molar-refractivity contribution < 1.29 is 27.7 Å². The van der Waals surface area contributed by atoms with Crippen molar-refractivity contribution in [2.45, 2.75) is 32.9 Å². The van der Waals surface area contributed by atoms with Gasteiger partial charge in [0.05, 0.1) is 24.0 Å². The van der Waals surface area contributed by atoms with E-state index in [0.717, 1.165) is 16.6 Å². The number of rotatable bonds is 11. The topological polar surface area (TPSA) is 139 Å². The van der Waals surface area contributed by atoms with Gasteiger partial charge in [-0.3, -0.25) is 24.0 Å². The Kier molecular flexibility index (Phi) is 9.18. The maximum absolute atomic E-state index is 13.6. The molecule has 0 aromatic heterocycles. The van der Waals surface area contributed by atoms with Gasteiger partial charge < -0.3 is 15.0 Å². The number of anilines is 1. The minimum atomic E-state index is -4.01. The molecule has 1 N–H and O–H groups in total. The van der Waals surface area contributed by atoms with Crippen molar-refractivity contribution in [3.05, 3.63) is 63.7 Å². The van der Waals surface area contributed by atoms with E-state index in [0.29, 0.717) is 16.9 Å². The number of non-ortho nitro benzene ring substituents is 1. The summed E-state index contributed by atoms with van der Waals surface area (Å²) in [6.07, 6.45) is 1.20. The third kappa shape index (κ3) is 6.92. The van der Waals surface area contributed by atoms with Crippen LogP contribution in [-0.2, 0) is 26.2 Å². The molecule has 0 spiro atoms. The van der Waals surface area contributed by atoms with Crippen LogP contribution >= 0.6 is 0 Å². The first-order valence-electron chi connectivity index (χ1n) is 10.8. The van der Waals surface area contributed by atoms with Crippen LogP contribution in [0.25, 0.3) is 0 Å². The third-order valence-electron chi connectivity index (χ3n) is 5.47. The van der Waals surface area contributed by atoms with E-state index in [1.165, 1.54) is 31.2 Å². The Morgan fingerprint density at radius 1 is 1.20 bits per heavy atom. The molecular formula is C23H30N4O7S. The lowest BCUT2D eigenvalue weighted by Crippen LogP contribution is -2.51. The molecule has 0 saturated carbocycles. The van der Waals surface area contributed by atoms with Gasteiger partial charge in [0.25, 0.3) is 5.69 Å². The van der Waals surface area contributed by atoms with E-state index in [4.69, 9.17) is 4.74 Å². The first kappa shape index (κ1) is 27.6. The number of amides is 2. The number of sulfonamides is 1. The molecule has 35 heavy (non-hydrogen) atoms. The fourth-order valence-corrected chi connectivity index (χ4v) is 4.53. The first-order valence-corrected chi connectivity index (χ1v) is 12.6. The molecule has 0 heterocycles. The number of aryl methyl sites for hydroxylation is 1. The monoisotopic (exact) mass is 506 g/mol.